The first-order valence-corrected chi connectivity index (χ1v) is 4.80. The highest BCUT2D eigenvalue weighted by Gasteiger charge is 2.05. The summed E-state index contributed by atoms with van der Waals surface area (Å²) in [6, 6.07) is 3.82. The molecule has 1 aromatic carbocycles. The van der Waals surface area contributed by atoms with Gasteiger partial charge in [-0.25, -0.2) is 4.39 Å². The predicted molar refractivity (Wildman–Crippen MR) is 56.5 cm³/mol. The van der Waals surface area contributed by atoms with Crippen LogP contribution in [0.5, 0.6) is 0 Å². The lowest BCUT2D eigenvalue weighted by Gasteiger charge is -1.98. The van der Waals surface area contributed by atoms with E-state index >= 15 is 0 Å². The van der Waals surface area contributed by atoms with E-state index in [1.807, 2.05) is 6.92 Å². The first-order chi connectivity index (χ1) is 7.15. The number of rotatable bonds is 4. The molecule has 1 rings (SSSR count). The number of benzene rings is 1. The summed E-state index contributed by atoms with van der Waals surface area (Å²) in [4.78, 5) is 11.4. The van der Waals surface area contributed by atoms with Crippen molar-refractivity contribution in [1.29, 1.82) is 0 Å². The van der Waals surface area contributed by atoms with Crippen LogP contribution in [0.1, 0.15) is 17.3 Å². The lowest BCUT2D eigenvalue weighted by Crippen LogP contribution is -1.95. The lowest BCUT2D eigenvalue weighted by molar-refractivity contribution is 0.104. The molecule has 0 aliphatic rings. The van der Waals surface area contributed by atoms with Gasteiger partial charge < -0.3 is 4.74 Å². The van der Waals surface area contributed by atoms with Crippen LogP contribution in [0, 0.1) is 5.82 Å². The van der Waals surface area contributed by atoms with Crippen molar-refractivity contribution in [2.24, 2.45) is 0 Å². The van der Waals surface area contributed by atoms with E-state index in [1.54, 1.807) is 0 Å². The Kier molecular flexibility index (Phi) is 4.31. The van der Waals surface area contributed by atoms with E-state index in [4.69, 9.17) is 16.3 Å². The molecule has 0 heterocycles. The summed E-state index contributed by atoms with van der Waals surface area (Å²) < 4.78 is 17.7. The second-order valence-corrected chi connectivity index (χ2v) is 3.16. The SMILES string of the molecule is CCOC=CC(=O)c1ccc(F)c(Cl)c1. The van der Waals surface area contributed by atoms with E-state index in [-0.39, 0.29) is 10.8 Å². The van der Waals surface area contributed by atoms with Crippen LogP contribution in [0.2, 0.25) is 5.02 Å². The lowest BCUT2D eigenvalue weighted by atomic mass is 10.1. The van der Waals surface area contributed by atoms with Crippen LogP contribution in [0.25, 0.3) is 0 Å². The molecule has 0 aliphatic carbocycles. The van der Waals surface area contributed by atoms with Crippen LogP contribution in [-0.4, -0.2) is 12.4 Å². The molecule has 2 nitrogen and oxygen atoms in total. The van der Waals surface area contributed by atoms with Gasteiger partial charge in [-0.3, -0.25) is 4.79 Å². The van der Waals surface area contributed by atoms with E-state index in [0.29, 0.717) is 12.2 Å². The highest BCUT2D eigenvalue weighted by atomic mass is 35.5. The molecule has 0 N–H and O–H groups in total. The molecular weight excluding hydrogens is 219 g/mol. The van der Waals surface area contributed by atoms with Crippen LogP contribution in [0.4, 0.5) is 4.39 Å². The summed E-state index contributed by atoms with van der Waals surface area (Å²) in [5.74, 6) is -0.813. The largest absolute Gasteiger partial charge is 0.501 e. The molecule has 0 bridgehead atoms. The van der Waals surface area contributed by atoms with Gasteiger partial charge in [0.05, 0.1) is 17.9 Å². The standard InChI is InChI=1S/C11H10ClFO2/c1-2-15-6-5-11(14)8-3-4-10(13)9(12)7-8/h3-7H,2H2,1H3. The number of hydrogen-bond acceptors (Lipinski definition) is 2. The third-order valence-electron chi connectivity index (χ3n) is 1.69. The minimum absolute atomic E-state index is 0.0642. The Hall–Kier alpha value is -1.35. The molecule has 1 aromatic rings. The molecule has 80 valence electrons. The Morgan fingerprint density at radius 1 is 1.60 bits per heavy atom. The summed E-state index contributed by atoms with van der Waals surface area (Å²) in [7, 11) is 0. The fourth-order valence-electron chi connectivity index (χ4n) is 0.952. The fraction of sp³-hybridized carbons (Fsp3) is 0.182. The van der Waals surface area contributed by atoms with Gasteiger partial charge in [0.15, 0.2) is 5.78 Å². The van der Waals surface area contributed by atoms with Crippen molar-refractivity contribution in [3.05, 3.63) is 46.9 Å². The molecule has 0 aliphatic heterocycles. The summed E-state index contributed by atoms with van der Waals surface area (Å²) in [5, 5.41) is -0.0642. The molecule has 0 atom stereocenters. The van der Waals surface area contributed by atoms with Gasteiger partial charge in [-0.05, 0) is 25.1 Å². The van der Waals surface area contributed by atoms with Gasteiger partial charge >= 0.3 is 0 Å². The monoisotopic (exact) mass is 228 g/mol. The number of carbonyl (C=O) groups excluding carboxylic acids is 1. The van der Waals surface area contributed by atoms with Crippen molar-refractivity contribution >= 4 is 17.4 Å². The zero-order valence-electron chi connectivity index (χ0n) is 8.17. The van der Waals surface area contributed by atoms with Gasteiger partial charge in [-0.2, -0.15) is 0 Å². The quantitative estimate of drug-likeness (QED) is 0.449. The highest BCUT2D eigenvalue weighted by Crippen LogP contribution is 2.16. The second kappa shape index (κ2) is 5.51. The van der Waals surface area contributed by atoms with Gasteiger partial charge in [0.2, 0.25) is 0 Å². The van der Waals surface area contributed by atoms with Gasteiger partial charge in [-0.15, -0.1) is 0 Å². The van der Waals surface area contributed by atoms with E-state index in [1.165, 1.54) is 24.5 Å². The number of carbonyl (C=O) groups is 1. The molecule has 0 aromatic heterocycles. The third-order valence-corrected chi connectivity index (χ3v) is 1.98. The van der Waals surface area contributed by atoms with Gasteiger partial charge in [0, 0.05) is 11.6 Å². The molecule has 0 fully saturated rings. The third kappa shape index (κ3) is 3.36. The molecule has 0 saturated carbocycles. The predicted octanol–water partition coefficient (Wildman–Crippen LogP) is 3.21. The van der Waals surface area contributed by atoms with Crippen molar-refractivity contribution in [1.82, 2.24) is 0 Å². The van der Waals surface area contributed by atoms with Crippen LogP contribution in [0.15, 0.2) is 30.5 Å². The molecule has 4 heteroatoms. The Labute approximate surface area is 92.3 Å². The average molecular weight is 229 g/mol. The second-order valence-electron chi connectivity index (χ2n) is 2.75. The van der Waals surface area contributed by atoms with Gasteiger partial charge in [0.1, 0.15) is 5.82 Å². The topological polar surface area (TPSA) is 26.3 Å². The molecule has 0 radical (unpaired) electrons. The van der Waals surface area contributed by atoms with Crippen molar-refractivity contribution < 1.29 is 13.9 Å². The van der Waals surface area contributed by atoms with E-state index < -0.39 is 5.82 Å². The molecular formula is C11H10ClFO2. The van der Waals surface area contributed by atoms with Crippen LogP contribution in [0.3, 0.4) is 0 Å². The Morgan fingerprint density at radius 3 is 2.93 bits per heavy atom. The molecule has 0 spiro atoms. The number of ether oxygens (including phenoxy) is 1. The molecule has 0 amide bonds. The molecule has 0 unspecified atom stereocenters. The van der Waals surface area contributed by atoms with Crippen LogP contribution in [-0.2, 0) is 4.74 Å². The summed E-state index contributed by atoms with van der Waals surface area (Å²) >= 11 is 5.54. The van der Waals surface area contributed by atoms with Gasteiger partial charge in [-0.1, -0.05) is 11.6 Å². The number of allylic oxidation sites excluding steroid dienone is 1. The van der Waals surface area contributed by atoms with Crippen LogP contribution < -0.4 is 0 Å². The minimum atomic E-state index is -0.540. The maximum Gasteiger partial charge on any atom is 0.188 e. The maximum absolute atomic E-state index is 12.8. The summed E-state index contributed by atoms with van der Waals surface area (Å²) in [6.45, 7) is 2.30. The van der Waals surface area contributed by atoms with E-state index in [0.717, 1.165) is 6.07 Å². The Balaban J connectivity index is 2.78. The summed E-state index contributed by atoms with van der Waals surface area (Å²) in [5.41, 5.74) is 0.331. The first kappa shape index (κ1) is 11.7. The zero-order valence-corrected chi connectivity index (χ0v) is 8.92. The van der Waals surface area contributed by atoms with E-state index in [9.17, 15) is 9.18 Å². The number of ketones is 1. The summed E-state index contributed by atoms with van der Waals surface area (Å²) in [6.07, 6.45) is 2.58. The smallest absolute Gasteiger partial charge is 0.188 e. The highest BCUT2D eigenvalue weighted by molar-refractivity contribution is 6.31. The fourth-order valence-corrected chi connectivity index (χ4v) is 1.13. The number of hydrogen-bond donors (Lipinski definition) is 0. The van der Waals surface area contributed by atoms with Crippen molar-refractivity contribution in [2.75, 3.05) is 6.61 Å². The molecule has 15 heavy (non-hydrogen) atoms. The Bertz CT molecular complexity index is 388. The van der Waals surface area contributed by atoms with Crippen molar-refractivity contribution in [3.8, 4) is 0 Å². The van der Waals surface area contributed by atoms with Crippen molar-refractivity contribution in [3.63, 3.8) is 0 Å². The van der Waals surface area contributed by atoms with Crippen LogP contribution >= 0.6 is 11.6 Å². The minimum Gasteiger partial charge on any atom is -0.501 e. The first-order valence-electron chi connectivity index (χ1n) is 4.42. The Morgan fingerprint density at radius 2 is 2.33 bits per heavy atom. The number of halogens is 2. The van der Waals surface area contributed by atoms with Crippen molar-refractivity contribution in [2.45, 2.75) is 6.92 Å². The van der Waals surface area contributed by atoms with Gasteiger partial charge in [0.25, 0.3) is 0 Å². The molecule has 0 saturated heterocycles. The van der Waals surface area contributed by atoms with E-state index in [2.05, 4.69) is 0 Å². The normalized spacial score (nSPS) is 10.6. The maximum atomic E-state index is 12.8. The average Bonchev–Trinajstić information content (AvgIpc) is 2.22. The zero-order chi connectivity index (χ0) is 11.3.